The van der Waals surface area contributed by atoms with Crippen molar-refractivity contribution in [3.63, 3.8) is 0 Å². The van der Waals surface area contributed by atoms with Crippen molar-refractivity contribution < 1.29 is 9.47 Å². The topological polar surface area (TPSA) is 65.4 Å². The average Bonchev–Trinajstić information content (AvgIpc) is 2.39. The molecular formula is C13H23N3O3. The van der Waals surface area contributed by atoms with Gasteiger partial charge in [0.1, 0.15) is 0 Å². The maximum Gasteiger partial charge on any atom is 0.293 e. The van der Waals surface area contributed by atoms with Crippen LogP contribution in [0.25, 0.3) is 0 Å². The standard InChI is InChI=1S/C13H23N3O3/c1-11(2)16-7-6-15-12(13(16)17)14-5-4-8-19-10-9-18-3/h6-7,11H,4-5,8-10H2,1-3H3,(H,14,15). The van der Waals surface area contributed by atoms with Gasteiger partial charge in [0.05, 0.1) is 13.2 Å². The third-order valence-corrected chi connectivity index (χ3v) is 2.61. The summed E-state index contributed by atoms with van der Waals surface area (Å²) in [5, 5.41) is 3.04. The molecule has 0 aromatic carbocycles. The van der Waals surface area contributed by atoms with Crippen LogP contribution in [-0.4, -0.2) is 43.0 Å². The summed E-state index contributed by atoms with van der Waals surface area (Å²) in [7, 11) is 1.64. The Labute approximate surface area is 113 Å². The molecule has 19 heavy (non-hydrogen) atoms. The zero-order chi connectivity index (χ0) is 14.1. The van der Waals surface area contributed by atoms with Gasteiger partial charge in [-0.3, -0.25) is 4.79 Å². The third kappa shape index (κ3) is 5.40. The van der Waals surface area contributed by atoms with E-state index in [1.165, 1.54) is 0 Å². The Morgan fingerprint density at radius 2 is 2.16 bits per heavy atom. The first-order valence-corrected chi connectivity index (χ1v) is 6.54. The molecule has 0 bridgehead atoms. The van der Waals surface area contributed by atoms with Gasteiger partial charge < -0.3 is 19.4 Å². The van der Waals surface area contributed by atoms with Gasteiger partial charge in [0.15, 0.2) is 5.82 Å². The summed E-state index contributed by atoms with van der Waals surface area (Å²) in [5.41, 5.74) is -0.0854. The smallest absolute Gasteiger partial charge is 0.293 e. The molecule has 0 unspecified atom stereocenters. The van der Waals surface area contributed by atoms with E-state index in [0.29, 0.717) is 32.2 Å². The number of nitrogens with zero attached hydrogens (tertiary/aromatic N) is 2. The fraction of sp³-hybridized carbons (Fsp3) is 0.692. The fourth-order valence-electron chi connectivity index (χ4n) is 1.58. The molecule has 1 aromatic heterocycles. The molecule has 1 heterocycles. The quantitative estimate of drug-likeness (QED) is 0.684. The van der Waals surface area contributed by atoms with Crippen molar-refractivity contribution in [1.82, 2.24) is 9.55 Å². The van der Waals surface area contributed by atoms with Gasteiger partial charge in [-0.25, -0.2) is 4.98 Å². The van der Waals surface area contributed by atoms with E-state index in [4.69, 9.17) is 9.47 Å². The predicted molar refractivity (Wildman–Crippen MR) is 74.7 cm³/mol. The highest BCUT2D eigenvalue weighted by molar-refractivity contribution is 5.30. The third-order valence-electron chi connectivity index (χ3n) is 2.61. The van der Waals surface area contributed by atoms with Crippen molar-refractivity contribution in [2.45, 2.75) is 26.3 Å². The Balaban J connectivity index is 2.34. The van der Waals surface area contributed by atoms with Crippen LogP contribution in [0.15, 0.2) is 17.2 Å². The van der Waals surface area contributed by atoms with Crippen LogP contribution in [0.4, 0.5) is 5.82 Å². The Morgan fingerprint density at radius 1 is 1.37 bits per heavy atom. The van der Waals surface area contributed by atoms with E-state index < -0.39 is 0 Å². The molecule has 0 radical (unpaired) electrons. The Hall–Kier alpha value is -1.40. The molecule has 0 amide bonds. The van der Waals surface area contributed by atoms with Gasteiger partial charge in [-0.05, 0) is 20.3 Å². The van der Waals surface area contributed by atoms with Gasteiger partial charge in [0.2, 0.25) is 0 Å². The van der Waals surface area contributed by atoms with Crippen LogP contribution in [0.2, 0.25) is 0 Å². The maximum absolute atomic E-state index is 12.0. The molecule has 108 valence electrons. The van der Waals surface area contributed by atoms with Gasteiger partial charge in [-0.1, -0.05) is 0 Å². The van der Waals surface area contributed by atoms with E-state index in [-0.39, 0.29) is 11.6 Å². The summed E-state index contributed by atoms with van der Waals surface area (Å²) in [5.74, 6) is 0.396. The second kappa shape index (κ2) is 8.66. The average molecular weight is 269 g/mol. The lowest BCUT2D eigenvalue weighted by Crippen LogP contribution is -2.26. The SMILES string of the molecule is COCCOCCCNc1nccn(C(C)C)c1=O. The molecule has 0 fully saturated rings. The van der Waals surface area contributed by atoms with Gasteiger partial charge in [0.25, 0.3) is 5.56 Å². The number of hydrogen-bond acceptors (Lipinski definition) is 5. The second-order valence-electron chi connectivity index (χ2n) is 4.47. The van der Waals surface area contributed by atoms with E-state index in [1.54, 1.807) is 24.1 Å². The Morgan fingerprint density at radius 3 is 2.84 bits per heavy atom. The molecule has 0 aliphatic carbocycles. The zero-order valence-corrected chi connectivity index (χ0v) is 11.9. The van der Waals surface area contributed by atoms with Crippen molar-refractivity contribution in [2.24, 2.45) is 0 Å². The van der Waals surface area contributed by atoms with Crippen LogP contribution in [0.3, 0.4) is 0 Å². The van der Waals surface area contributed by atoms with Gasteiger partial charge in [-0.15, -0.1) is 0 Å². The summed E-state index contributed by atoms with van der Waals surface area (Å²) in [6.07, 6.45) is 4.16. The Kier molecular flexibility index (Phi) is 7.14. The lowest BCUT2D eigenvalue weighted by Gasteiger charge is -2.11. The normalized spacial score (nSPS) is 10.9. The van der Waals surface area contributed by atoms with Crippen molar-refractivity contribution in [2.75, 3.05) is 38.8 Å². The summed E-state index contributed by atoms with van der Waals surface area (Å²) in [4.78, 5) is 16.1. The first-order chi connectivity index (χ1) is 9.16. The van der Waals surface area contributed by atoms with Crippen molar-refractivity contribution in [3.05, 3.63) is 22.7 Å². The van der Waals surface area contributed by atoms with E-state index in [0.717, 1.165) is 6.42 Å². The number of nitrogens with one attached hydrogen (secondary N) is 1. The van der Waals surface area contributed by atoms with Crippen molar-refractivity contribution >= 4 is 5.82 Å². The van der Waals surface area contributed by atoms with Gasteiger partial charge >= 0.3 is 0 Å². The molecule has 1 aromatic rings. The molecule has 0 aliphatic heterocycles. The van der Waals surface area contributed by atoms with Crippen LogP contribution in [-0.2, 0) is 9.47 Å². The highest BCUT2D eigenvalue weighted by atomic mass is 16.5. The molecule has 0 atom stereocenters. The summed E-state index contributed by atoms with van der Waals surface area (Å²) in [6.45, 7) is 6.44. The van der Waals surface area contributed by atoms with Crippen LogP contribution in [0.1, 0.15) is 26.3 Å². The monoisotopic (exact) mass is 269 g/mol. The minimum absolute atomic E-state index is 0.0854. The lowest BCUT2D eigenvalue weighted by molar-refractivity contribution is 0.0705. The maximum atomic E-state index is 12.0. The van der Waals surface area contributed by atoms with Crippen LogP contribution < -0.4 is 10.9 Å². The molecule has 0 aliphatic rings. The number of aromatic nitrogens is 2. The summed E-state index contributed by atoms with van der Waals surface area (Å²) < 4.78 is 11.9. The van der Waals surface area contributed by atoms with E-state index in [2.05, 4.69) is 10.3 Å². The molecule has 0 spiro atoms. The summed E-state index contributed by atoms with van der Waals surface area (Å²) in [6, 6.07) is 0.133. The molecule has 1 N–H and O–H groups in total. The Bertz CT molecular complexity index is 418. The first kappa shape index (κ1) is 15.7. The molecule has 6 heteroatoms. The van der Waals surface area contributed by atoms with Crippen molar-refractivity contribution in [1.29, 1.82) is 0 Å². The fourth-order valence-corrected chi connectivity index (χ4v) is 1.58. The van der Waals surface area contributed by atoms with Crippen molar-refractivity contribution in [3.8, 4) is 0 Å². The number of rotatable bonds is 9. The molecular weight excluding hydrogens is 246 g/mol. The second-order valence-corrected chi connectivity index (χ2v) is 4.47. The highest BCUT2D eigenvalue weighted by Crippen LogP contribution is 2.01. The first-order valence-electron chi connectivity index (χ1n) is 6.54. The largest absolute Gasteiger partial charge is 0.382 e. The number of ether oxygens (including phenoxy) is 2. The van der Waals surface area contributed by atoms with E-state index in [1.807, 2.05) is 13.8 Å². The van der Waals surface area contributed by atoms with Crippen LogP contribution in [0, 0.1) is 0 Å². The van der Waals surface area contributed by atoms with E-state index in [9.17, 15) is 4.79 Å². The van der Waals surface area contributed by atoms with Gasteiger partial charge in [0, 0.05) is 38.7 Å². The zero-order valence-electron chi connectivity index (χ0n) is 11.9. The lowest BCUT2D eigenvalue weighted by atomic mass is 10.4. The van der Waals surface area contributed by atoms with Crippen LogP contribution in [0.5, 0.6) is 0 Å². The molecule has 1 rings (SSSR count). The molecule has 6 nitrogen and oxygen atoms in total. The predicted octanol–water partition coefficient (Wildman–Crippen LogP) is 1.29. The molecule has 0 saturated carbocycles. The minimum Gasteiger partial charge on any atom is -0.382 e. The molecule has 0 saturated heterocycles. The highest BCUT2D eigenvalue weighted by Gasteiger charge is 2.06. The number of hydrogen-bond donors (Lipinski definition) is 1. The summed E-state index contributed by atoms with van der Waals surface area (Å²) >= 11 is 0. The van der Waals surface area contributed by atoms with Gasteiger partial charge in [-0.2, -0.15) is 0 Å². The number of methoxy groups -OCH3 is 1. The minimum atomic E-state index is -0.0854. The van der Waals surface area contributed by atoms with Crippen LogP contribution >= 0.6 is 0 Å². The van der Waals surface area contributed by atoms with E-state index >= 15 is 0 Å². The number of anilines is 1.